The zero-order valence-electron chi connectivity index (χ0n) is 15.4. The van der Waals surface area contributed by atoms with E-state index in [1.807, 2.05) is 26.0 Å². The van der Waals surface area contributed by atoms with Gasteiger partial charge in [-0.05, 0) is 36.6 Å². The predicted molar refractivity (Wildman–Crippen MR) is 105 cm³/mol. The monoisotopic (exact) mass is 398 g/mol. The zero-order valence-corrected chi connectivity index (χ0v) is 17.0. The number of carbonyl (C=O) groups is 2. The molecule has 0 unspecified atom stereocenters. The maximum absolute atomic E-state index is 12.7. The first-order chi connectivity index (χ1) is 12.2. The van der Waals surface area contributed by atoms with E-state index in [2.05, 4.69) is 5.32 Å². The van der Waals surface area contributed by atoms with Crippen molar-refractivity contribution in [1.29, 1.82) is 0 Å². The molecule has 1 aliphatic rings. The van der Waals surface area contributed by atoms with Crippen molar-refractivity contribution in [2.45, 2.75) is 38.1 Å². The van der Waals surface area contributed by atoms with E-state index < -0.39 is 9.84 Å². The summed E-state index contributed by atoms with van der Waals surface area (Å²) >= 11 is 1.42. The number of rotatable bonds is 7. The molecule has 1 N–H and O–H groups in total. The molecule has 1 saturated heterocycles. The summed E-state index contributed by atoms with van der Waals surface area (Å²) in [6.07, 6.45) is 0.525. The summed E-state index contributed by atoms with van der Waals surface area (Å²) in [5, 5.41) is 2.70. The number of amides is 2. The van der Waals surface area contributed by atoms with Crippen LogP contribution < -0.4 is 5.32 Å². The Hall–Kier alpha value is -1.54. The fourth-order valence-corrected chi connectivity index (χ4v) is 5.45. The minimum absolute atomic E-state index is 0.0308. The van der Waals surface area contributed by atoms with Gasteiger partial charge in [0.2, 0.25) is 11.8 Å². The van der Waals surface area contributed by atoms with Crippen molar-refractivity contribution >= 4 is 39.1 Å². The Labute approximate surface area is 159 Å². The van der Waals surface area contributed by atoms with Gasteiger partial charge in [0.15, 0.2) is 9.84 Å². The summed E-state index contributed by atoms with van der Waals surface area (Å²) in [7, 11) is -3.03. The molecule has 1 heterocycles. The normalized spacial score (nSPS) is 18.7. The lowest BCUT2D eigenvalue weighted by molar-refractivity contribution is -0.130. The van der Waals surface area contributed by atoms with Gasteiger partial charge in [0.25, 0.3) is 0 Å². The summed E-state index contributed by atoms with van der Waals surface area (Å²) in [4.78, 5) is 26.4. The van der Waals surface area contributed by atoms with Crippen molar-refractivity contribution in [3.63, 3.8) is 0 Å². The standard InChI is InChI=1S/C18H26N2O4S2/c1-13(2)10-20(16-8-9-26(23,24)12-16)18(22)11-25-17-6-4-15(5-7-17)19-14(3)21/h4-7,13,16H,8-12H2,1-3H3,(H,19,21)/t16-/m0/s1. The zero-order chi connectivity index (χ0) is 19.3. The van der Waals surface area contributed by atoms with Crippen LogP contribution in [0.25, 0.3) is 0 Å². The highest BCUT2D eigenvalue weighted by Crippen LogP contribution is 2.24. The van der Waals surface area contributed by atoms with Crippen LogP contribution in [0.3, 0.4) is 0 Å². The number of carbonyl (C=O) groups excluding carboxylic acids is 2. The molecule has 0 spiro atoms. The lowest BCUT2D eigenvalue weighted by Gasteiger charge is -2.30. The third-order valence-corrected chi connectivity index (χ3v) is 6.82. The summed E-state index contributed by atoms with van der Waals surface area (Å²) in [6, 6.07) is 7.09. The van der Waals surface area contributed by atoms with Crippen molar-refractivity contribution in [3.8, 4) is 0 Å². The maximum Gasteiger partial charge on any atom is 0.233 e. The van der Waals surface area contributed by atoms with Gasteiger partial charge in [-0.1, -0.05) is 13.8 Å². The number of nitrogens with one attached hydrogen (secondary N) is 1. The predicted octanol–water partition coefficient (Wildman–Crippen LogP) is 2.41. The van der Waals surface area contributed by atoms with Crippen molar-refractivity contribution in [1.82, 2.24) is 4.90 Å². The Morgan fingerprint density at radius 1 is 1.27 bits per heavy atom. The molecule has 1 fully saturated rings. The fourth-order valence-electron chi connectivity index (χ4n) is 2.93. The molecule has 8 heteroatoms. The highest BCUT2D eigenvalue weighted by atomic mass is 32.2. The molecule has 2 amide bonds. The first-order valence-electron chi connectivity index (χ1n) is 8.66. The topological polar surface area (TPSA) is 83.6 Å². The number of thioether (sulfide) groups is 1. The van der Waals surface area contributed by atoms with Gasteiger partial charge in [-0.2, -0.15) is 0 Å². The molecule has 26 heavy (non-hydrogen) atoms. The van der Waals surface area contributed by atoms with E-state index >= 15 is 0 Å². The third kappa shape index (κ3) is 6.32. The second-order valence-corrected chi connectivity index (χ2v) is 10.3. The van der Waals surface area contributed by atoms with Crippen molar-refractivity contribution in [2.75, 3.05) is 29.1 Å². The van der Waals surface area contributed by atoms with E-state index in [1.54, 1.807) is 17.0 Å². The van der Waals surface area contributed by atoms with Crippen LogP contribution in [0.15, 0.2) is 29.2 Å². The number of sulfone groups is 1. The van der Waals surface area contributed by atoms with Crippen LogP contribution in [0.1, 0.15) is 27.2 Å². The molecule has 1 aliphatic heterocycles. The number of nitrogens with zero attached hydrogens (tertiary/aromatic N) is 1. The Morgan fingerprint density at radius 3 is 2.42 bits per heavy atom. The second kappa shape index (κ2) is 8.90. The Morgan fingerprint density at radius 2 is 1.92 bits per heavy atom. The molecule has 0 radical (unpaired) electrons. The van der Waals surface area contributed by atoms with Gasteiger partial charge in [-0.15, -0.1) is 11.8 Å². The fraction of sp³-hybridized carbons (Fsp3) is 0.556. The van der Waals surface area contributed by atoms with Crippen LogP contribution in [0.2, 0.25) is 0 Å². The molecule has 0 bridgehead atoms. The Kier molecular flexibility index (Phi) is 7.11. The smallest absolute Gasteiger partial charge is 0.233 e. The van der Waals surface area contributed by atoms with E-state index in [1.165, 1.54) is 18.7 Å². The number of benzene rings is 1. The first kappa shape index (κ1) is 20.8. The van der Waals surface area contributed by atoms with Crippen molar-refractivity contribution < 1.29 is 18.0 Å². The highest BCUT2D eigenvalue weighted by Gasteiger charge is 2.34. The number of anilines is 1. The molecule has 2 rings (SSSR count). The molecule has 6 nitrogen and oxygen atoms in total. The molecule has 0 aromatic heterocycles. The largest absolute Gasteiger partial charge is 0.338 e. The van der Waals surface area contributed by atoms with Crippen LogP contribution in [-0.4, -0.2) is 55.0 Å². The number of hydrogen-bond acceptors (Lipinski definition) is 5. The van der Waals surface area contributed by atoms with Crippen LogP contribution in [0.4, 0.5) is 5.69 Å². The SMILES string of the molecule is CC(=O)Nc1ccc(SCC(=O)N(CC(C)C)[C@H]2CCS(=O)(=O)C2)cc1. The van der Waals surface area contributed by atoms with Crippen LogP contribution in [-0.2, 0) is 19.4 Å². The van der Waals surface area contributed by atoms with Crippen molar-refractivity contribution in [3.05, 3.63) is 24.3 Å². The van der Waals surface area contributed by atoms with Gasteiger partial charge in [-0.25, -0.2) is 8.42 Å². The van der Waals surface area contributed by atoms with Crippen molar-refractivity contribution in [2.24, 2.45) is 5.92 Å². The number of hydrogen-bond donors (Lipinski definition) is 1. The second-order valence-electron chi connectivity index (χ2n) is 6.99. The lowest BCUT2D eigenvalue weighted by atomic mass is 10.1. The van der Waals surface area contributed by atoms with Crippen LogP contribution >= 0.6 is 11.8 Å². The summed E-state index contributed by atoms with van der Waals surface area (Å²) in [5.74, 6) is 0.624. The maximum atomic E-state index is 12.7. The minimum Gasteiger partial charge on any atom is -0.338 e. The van der Waals surface area contributed by atoms with Gasteiger partial charge in [0.05, 0.1) is 17.3 Å². The third-order valence-electron chi connectivity index (χ3n) is 4.07. The Balaban J connectivity index is 1.97. The van der Waals surface area contributed by atoms with Crippen LogP contribution in [0, 0.1) is 5.92 Å². The highest BCUT2D eigenvalue weighted by molar-refractivity contribution is 8.00. The van der Waals surface area contributed by atoms with E-state index in [9.17, 15) is 18.0 Å². The molecular weight excluding hydrogens is 372 g/mol. The van der Waals surface area contributed by atoms with Gasteiger partial charge >= 0.3 is 0 Å². The van der Waals surface area contributed by atoms with Gasteiger partial charge < -0.3 is 10.2 Å². The van der Waals surface area contributed by atoms with E-state index in [0.717, 1.165) is 4.90 Å². The Bertz CT molecular complexity index is 745. The van der Waals surface area contributed by atoms with Crippen LogP contribution in [0.5, 0.6) is 0 Å². The van der Waals surface area contributed by atoms with E-state index in [4.69, 9.17) is 0 Å². The molecule has 1 aromatic rings. The summed E-state index contributed by atoms with van der Waals surface area (Å²) in [5.41, 5.74) is 0.714. The van der Waals surface area contributed by atoms with Gasteiger partial charge in [0, 0.05) is 30.1 Å². The van der Waals surface area contributed by atoms with Gasteiger partial charge in [-0.3, -0.25) is 9.59 Å². The van der Waals surface area contributed by atoms with Gasteiger partial charge in [0.1, 0.15) is 0 Å². The molecular formula is C18H26N2O4S2. The average molecular weight is 399 g/mol. The average Bonchev–Trinajstić information content (AvgIpc) is 2.90. The van der Waals surface area contributed by atoms with E-state index in [-0.39, 0.29) is 41.0 Å². The molecule has 0 saturated carbocycles. The molecule has 1 aromatic carbocycles. The lowest BCUT2D eigenvalue weighted by Crippen LogP contribution is -2.44. The molecule has 0 aliphatic carbocycles. The minimum atomic E-state index is -3.03. The molecule has 144 valence electrons. The quantitative estimate of drug-likeness (QED) is 0.713. The summed E-state index contributed by atoms with van der Waals surface area (Å²) < 4.78 is 23.5. The van der Waals surface area contributed by atoms with E-state index in [0.29, 0.717) is 18.7 Å². The summed E-state index contributed by atoms with van der Waals surface area (Å²) in [6.45, 7) is 6.07. The first-order valence-corrected chi connectivity index (χ1v) is 11.5. The molecule has 1 atom stereocenters.